The number of amides is 3. The summed E-state index contributed by atoms with van der Waals surface area (Å²) < 4.78 is 0. The van der Waals surface area contributed by atoms with Crippen LogP contribution in [-0.2, 0) is 4.79 Å². The average Bonchev–Trinajstić information content (AvgIpc) is 2.03. The smallest absolute Gasteiger partial charge is 0.316 e. The molecular formula is C7H15N3O2. The Morgan fingerprint density at radius 1 is 1.33 bits per heavy atom. The number of hydrogen-bond donors (Lipinski definition) is 2. The van der Waals surface area contributed by atoms with E-state index in [0.29, 0.717) is 13.0 Å². The van der Waals surface area contributed by atoms with Crippen molar-refractivity contribution in [2.24, 2.45) is 0 Å². The number of urea groups is 1. The van der Waals surface area contributed by atoms with Crippen molar-refractivity contribution in [3.8, 4) is 0 Å². The molecule has 0 aliphatic rings. The lowest BCUT2D eigenvalue weighted by molar-refractivity contribution is -0.120. The van der Waals surface area contributed by atoms with Crippen molar-refractivity contribution >= 4 is 11.9 Å². The second-order valence-corrected chi connectivity index (χ2v) is 2.55. The van der Waals surface area contributed by atoms with Gasteiger partial charge in [-0.1, -0.05) is 0 Å². The first-order chi connectivity index (χ1) is 5.57. The highest BCUT2D eigenvalue weighted by Crippen LogP contribution is 1.79. The molecule has 12 heavy (non-hydrogen) atoms. The molecule has 0 radical (unpaired) electrons. The Bertz CT molecular complexity index is 168. The van der Waals surface area contributed by atoms with E-state index >= 15 is 0 Å². The highest BCUT2D eigenvalue weighted by atomic mass is 16.2. The minimum absolute atomic E-state index is 0.0749. The minimum atomic E-state index is -0.182. The highest BCUT2D eigenvalue weighted by molar-refractivity contribution is 5.77. The van der Waals surface area contributed by atoms with Crippen LogP contribution in [0.3, 0.4) is 0 Å². The van der Waals surface area contributed by atoms with Crippen LogP contribution < -0.4 is 10.6 Å². The van der Waals surface area contributed by atoms with Gasteiger partial charge in [-0.05, 0) is 0 Å². The van der Waals surface area contributed by atoms with Gasteiger partial charge in [0, 0.05) is 34.1 Å². The van der Waals surface area contributed by atoms with Gasteiger partial charge in [0.05, 0.1) is 0 Å². The summed E-state index contributed by atoms with van der Waals surface area (Å²) in [5.41, 5.74) is 0. The minimum Gasteiger partial charge on any atom is -0.359 e. The Labute approximate surface area is 72.1 Å². The van der Waals surface area contributed by atoms with Gasteiger partial charge in [0.25, 0.3) is 0 Å². The molecule has 0 aromatic rings. The van der Waals surface area contributed by atoms with Crippen molar-refractivity contribution in [1.29, 1.82) is 0 Å². The Morgan fingerprint density at radius 3 is 2.33 bits per heavy atom. The molecule has 5 nitrogen and oxygen atoms in total. The zero-order chi connectivity index (χ0) is 9.56. The highest BCUT2D eigenvalue weighted by Gasteiger charge is 2.02. The van der Waals surface area contributed by atoms with E-state index in [0.717, 1.165) is 0 Å². The van der Waals surface area contributed by atoms with Gasteiger partial charge < -0.3 is 15.5 Å². The van der Waals surface area contributed by atoms with E-state index < -0.39 is 0 Å². The van der Waals surface area contributed by atoms with Crippen LogP contribution in [0.1, 0.15) is 6.42 Å². The van der Waals surface area contributed by atoms with E-state index in [2.05, 4.69) is 10.6 Å². The van der Waals surface area contributed by atoms with E-state index in [-0.39, 0.29) is 11.9 Å². The van der Waals surface area contributed by atoms with Crippen LogP contribution >= 0.6 is 0 Å². The third kappa shape index (κ3) is 4.54. The number of nitrogens with zero attached hydrogens (tertiary/aromatic N) is 1. The van der Waals surface area contributed by atoms with Gasteiger partial charge in [-0.15, -0.1) is 0 Å². The summed E-state index contributed by atoms with van der Waals surface area (Å²) in [5.74, 6) is -0.0749. The molecule has 0 aromatic heterocycles. The number of carbonyl (C=O) groups is 2. The van der Waals surface area contributed by atoms with Gasteiger partial charge in [0.1, 0.15) is 0 Å². The summed E-state index contributed by atoms with van der Waals surface area (Å²) in [6.07, 6.45) is 0.316. The third-order valence-corrected chi connectivity index (χ3v) is 1.31. The first-order valence-corrected chi connectivity index (χ1v) is 3.73. The Kier molecular flexibility index (Phi) is 4.83. The SMILES string of the molecule is CNC(=O)CCNC(=O)N(C)C. The van der Waals surface area contributed by atoms with Crippen LogP contribution in [0.25, 0.3) is 0 Å². The molecule has 0 rings (SSSR count). The van der Waals surface area contributed by atoms with Crippen molar-refractivity contribution in [1.82, 2.24) is 15.5 Å². The summed E-state index contributed by atoms with van der Waals surface area (Å²) >= 11 is 0. The quantitative estimate of drug-likeness (QED) is 0.598. The van der Waals surface area contributed by atoms with Crippen molar-refractivity contribution in [2.45, 2.75) is 6.42 Å². The fourth-order valence-corrected chi connectivity index (χ4v) is 0.566. The van der Waals surface area contributed by atoms with Crippen molar-refractivity contribution in [3.05, 3.63) is 0 Å². The van der Waals surface area contributed by atoms with Gasteiger partial charge in [0.2, 0.25) is 5.91 Å². The molecule has 0 unspecified atom stereocenters. The third-order valence-electron chi connectivity index (χ3n) is 1.31. The molecule has 0 bridgehead atoms. The van der Waals surface area contributed by atoms with Crippen molar-refractivity contribution < 1.29 is 9.59 Å². The van der Waals surface area contributed by atoms with Gasteiger partial charge in [0.15, 0.2) is 0 Å². The lowest BCUT2D eigenvalue weighted by atomic mass is 10.4. The molecule has 0 aliphatic carbocycles. The predicted molar refractivity (Wildman–Crippen MR) is 45.8 cm³/mol. The summed E-state index contributed by atoms with van der Waals surface area (Å²) in [5, 5.41) is 5.04. The molecule has 0 aromatic carbocycles. The molecule has 3 amide bonds. The molecule has 0 heterocycles. The van der Waals surface area contributed by atoms with Crippen LogP contribution in [0, 0.1) is 0 Å². The topological polar surface area (TPSA) is 61.4 Å². The second kappa shape index (κ2) is 5.40. The number of carbonyl (C=O) groups excluding carboxylic acids is 2. The number of hydrogen-bond acceptors (Lipinski definition) is 2. The normalized spacial score (nSPS) is 8.92. The zero-order valence-electron chi connectivity index (χ0n) is 7.68. The maximum absolute atomic E-state index is 10.9. The zero-order valence-corrected chi connectivity index (χ0v) is 7.68. The molecule has 2 N–H and O–H groups in total. The van der Waals surface area contributed by atoms with Gasteiger partial charge in [-0.3, -0.25) is 4.79 Å². The summed E-state index contributed by atoms with van der Waals surface area (Å²) in [7, 11) is 4.86. The van der Waals surface area contributed by atoms with E-state index in [9.17, 15) is 9.59 Å². The summed E-state index contributed by atoms with van der Waals surface area (Å²) in [6.45, 7) is 0.372. The van der Waals surface area contributed by atoms with Gasteiger partial charge in [-0.2, -0.15) is 0 Å². The molecule has 0 saturated heterocycles. The molecule has 0 spiro atoms. The Balaban J connectivity index is 3.44. The van der Waals surface area contributed by atoms with Crippen LogP contribution in [0.15, 0.2) is 0 Å². The van der Waals surface area contributed by atoms with Crippen LogP contribution in [-0.4, -0.2) is 44.5 Å². The predicted octanol–water partition coefficient (Wildman–Crippen LogP) is -0.606. The van der Waals surface area contributed by atoms with E-state index in [1.807, 2.05) is 0 Å². The monoisotopic (exact) mass is 173 g/mol. The average molecular weight is 173 g/mol. The number of nitrogens with one attached hydrogen (secondary N) is 2. The van der Waals surface area contributed by atoms with E-state index in [1.165, 1.54) is 4.90 Å². The van der Waals surface area contributed by atoms with E-state index in [4.69, 9.17) is 0 Å². The first kappa shape index (κ1) is 10.7. The van der Waals surface area contributed by atoms with Crippen LogP contribution in [0.5, 0.6) is 0 Å². The lowest BCUT2D eigenvalue weighted by Crippen LogP contribution is -2.36. The molecular weight excluding hydrogens is 158 g/mol. The molecule has 0 aliphatic heterocycles. The molecule has 70 valence electrons. The standard InChI is InChI=1S/C7H15N3O2/c1-8-6(11)4-5-9-7(12)10(2)3/h4-5H2,1-3H3,(H,8,11)(H,9,12). The maximum Gasteiger partial charge on any atom is 0.316 e. The van der Waals surface area contributed by atoms with Crippen LogP contribution in [0.2, 0.25) is 0 Å². The summed E-state index contributed by atoms with van der Waals surface area (Å²) in [6, 6.07) is -0.182. The number of rotatable bonds is 3. The largest absolute Gasteiger partial charge is 0.359 e. The summed E-state index contributed by atoms with van der Waals surface area (Å²) in [4.78, 5) is 23.0. The lowest BCUT2D eigenvalue weighted by Gasteiger charge is -2.10. The molecule has 0 saturated carbocycles. The first-order valence-electron chi connectivity index (χ1n) is 3.73. The van der Waals surface area contributed by atoms with Gasteiger partial charge in [-0.25, -0.2) is 4.79 Å². The Hall–Kier alpha value is -1.26. The second-order valence-electron chi connectivity index (χ2n) is 2.55. The van der Waals surface area contributed by atoms with Crippen molar-refractivity contribution in [2.75, 3.05) is 27.7 Å². The van der Waals surface area contributed by atoms with Crippen molar-refractivity contribution in [3.63, 3.8) is 0 Å². The molecule has 0 fully saturated rings. The fourth-order valence-electron chi connectivity index (χ4n) is 0.566. The fraction of sp³-hybridized carbons (Fsp3) is 0.714. The van der Waals surface area contributed by atoms with Gasteiger partial charge >= 0.3 is 6.03 Å². The Morgan fingerprint density at radius 2 is 1.92 bits per heavy atom. The maximum atomic E-state index is 10.9. The van der Waals surface area contributed by atoms with Crippen LogP contribution in [0.4, 0.5) is 4.79 Å². The van der Waals surface area contributed by atoms with E-state index in [1.54, 1.807) is 21.1 Å². The molecule has 0 atom stereocenters. The molecule has 5 heteroatoms.